The third-order valence-corrected chi connectivity index (χ3v) is 3.94. The maximum absolute atomic E-state index is 12.3. The van der Waals surface area contributed by atoms with Crippen LogP contribution in [0.4, 0.5) is 5.82 Å². The number of rotatable bonds is 4. The Kier molecular flexibility index (Phi) is 4.32. The van der Waals surface area contributed by atoms with E-state index in [1.165, 1.54) is 12.6 Å². The lowest BCUT2D eigenvalue weighted by molar-refractivity contribution is 0.0641. The minimum atomic E-state index is -0.0878. The van der Waals surface area contributed by atoms with Crippen molar-refractivity contribution < 1.29 is 9.21 Å². The van der Waals surface area contributed by atoms with Crippen molar-refractivity contribution in [2.45, 2.75) is 19.3 Å². The van der Waals surface area contributed by atoms with E-state index in [4.69, 9.17) is 4.42 Å². The van der Waals surface area contributed by atoms with E-state index in [2.05, 4.69) is 20.3 Å². The zero-order chi connectivity index (χ0) is 15.4. The monoisotopic (exact) mass is 301 g/mol. The van der Waals surface area contributed by atoms with E-state index < -0.39 is 0 Å². The Balaban J connectivity index is 1.67. The summed E-state index contributed by atoms with van der Waals surface area (Å²) in [5, 5.41) is 3.06. The first-order chi connectivity index (χ1) is 10.8. The summed E-state index contributed by atoms with van der Waals surface area (Å²) in [7, 11) is 1.84. The van der Waals surface area contributed by atoms with Crippen LogP contribution < -0.4 is 5.32 Å². The molecule has 2 aromatic rings. The van der Waals surface area contributed by atoms with Crippen molar-refractivity contribution in [1.82, 2.24) is 19.9 Å². The Labute approximate surface area is 128 Å². The fourth-order valence-electron chi connectivity index (χ4n) is 2.89. The second kappa shape index (κ2) is 6.55. The number of aromatic nitrogens is 3. The predicted molar refractivity (Wildman–Crippen MR) is 80.4 cm³/mol. The zero-order valence-corrected chi connectivity index (χ0v) is 12.5. The molecule has 1 atom stereocenters. The van der Waals surface area contributed by atoms with Crippen LogP contribution in [0.1, 0.15) is 29.1 Å². The quantitative estimate of drug-likeness (QED) is 0.923. The summed E-state index contributed by atoms with van der Waals surface area (Å²) in [6, 6.07) is 0. The number of amides is 1. The van der Waals surface area contributed by atoms with E-state index in [9.17, 15) is 4.79 Å². The van der Waals surface area contributed by atoms with Crippen molar-refractivity contribution in [3.8, 4) is 0 Å². The molecule has 116 valence electrons. The summed E-state index contributed by atoms with van der Waals surface area (Å²) >= 11 is 0. The van der Waals surface area contributed by atoms with Crippen molar-refractivity contribution in [3.05, 3.63) is 36.4 Å². The molecule has 1 saturated heterocycles. The Bertz CT molecular complexity index is 629. The summed E-state index contributed by atoms with van der Waals surface area (Å²) in [6.45, 7) is 1.47. The van der Waals surface area contributed by atoms with E-state index in [-0.39, 0.29) is 5.91 Å². The molecule has 0 saturated carbocycles. The van der Waals surface area contributed by atoms with Gasteiger partial charge in [0.1, 0.15) is 5.82 Å². The number of hydrogen-bond acceptors (Lipinski definition) is 6. The van der Waals surface area contributed by atoms with Gasteiger partial charge in [-0.25, -0.2) is 9.97 Å². The van der Waals surface area contributed by atoms with E-state index in [1.54, 1.807) is 12.4 Å². The van der Waals surface area contributed by atoms with Crippen molar-refractivity contribution in [1.29, 1.82) is 0 Å². The standard InChI is InChI=1S/C15H19N5O2/c1-16-14-12(18-4-5-19-14)7-11-3-2-6-20(9-11)15(21)13-8-17-10-22-13/h4-5,8,10-11H,2-3,6-7,9H2,1H3,(H,16,19)/t11-/m0/s1. The van der Waals surface area contributed by atoms with Crippen LogP contribution >= 0.6 is 0 Å². The maximum Gasteiger partial charge on any atom is 0.291 e. The number of nitrogens with zero attached hydrogens (tertiary/aromatic N) is 4. The van der Waals surface area contributed by atoms with E-state index >= 15 is 0 Å². The lowest BCUT2D eigenvalue weighted by Gasteiger charge is -2.32. The van der Waals surface area contributed by atoms with Gasteiger partial charge in [0.05, 0.1) is 11.9 Å². The highest BCUT2D eigenvalue weighted by Crippen LogP contribution is 2.23. The Morgan fingerprint density at radius 1 is 1.45 bits per heavy atom. The number of piperidine rings is 1. The molecule has 0 spiro atoms. The van der Waals surface area contributed by atoms with Gasteiger partial charge in [-0.15, -0.1) is 0 Å². The van der Waals surface area contributed by atoms with Gasteiger partial charge in [0.15, 0.2) is 6.39 Å². The van der Waals surface area contributed by atoms with Gasteiger partial charge in [0, 0.05) is 32.5 Å². The fraction of sp³-hybridized carbons (Fsp3) is 0.467. The molecule has 3 heterocycles. The summed E-state index contributed by atoms with van der Waals surface area (Å²) in [6.07, 6.45) is 9.01. The summed E-state index contributed by atoms with van der Waals surface area (Å²) in [5.74, 6) is 1.40. The summed E-state index contributed by atoms with van der Waals surface area (Å²) in [4.78, 5) is 26.7. The van der Waals surface area contributed by atoms with Crippen LogP contribution in [0.5, 0.6) is 0 Å². The van der Waals surface area contributed by atoms with Crippen LogP contribution in [0, 0.1) is 5.92 Å². The number of nitrogens with one attached hydrogen (secondary N) is 1. The molecule has 2 aromatic heterocycles. The molecule has 0 unspecified atom stereocenters. The molecule has 0 radical (unpaired) electrons. The van der Waals surface area contributed by atoms with Crippen LogP contribution in [0.25, 0.3) is 0 Å². The van der Waals surface area contributed by atoms with Gasteiger partial charge in [-0.3, -0.25) is 9.78 Å². The molecule has 3 rings (SSSR count). The second-order valence-corrected chi connectivity index (χ2v) is 5.43. The molecular formula is C15H19N5O2. The van der Waals surface area contributed by atoms with E-state index in [0.717, 1.165) is 37.3 Å². The lowest BCUT2D eigenvalue weighted by Crippen LogP contribution is -2.40. The van der Waals surface area contributed by atoms with Crippen molar-refractivity contribution in [2.75, 3.05) is 25.5 Å². The highest BCUT2D eigenvalue weighted by atomic mass is 16.3. The van der Waals surface area contributed by atoms with E-state index in [1.807, 2.05) is 11.9 Å². The average Bonchev–Trinajstić information content (AvgIpc) is 3.09. The first-order valence-corrected chi connectivity index (χ1v) is 7.43. The molecule has 0 aromatic carbocycles. The number of carbonyl (C=O) groups is 1. The minimum Gasteiger partial charge on any atom is -0.438 e. The SMILES string of the molecule is CNc1nccnc1C[C@@H]1CCCN(C(=O)c2cnco2)C1. The lowest BCUT2D eigenvalue weighted by atomic mass is 9.93. The number of likely N-dealkylation sites (tertiary alicyclic amines) is 1. The topological polar surface area (TPSA) is 84.2 Å². The normalized spacial score (nSPS) is 18.2. The van der Waals surface area contributed by atoms with Gasteiger partial charge in [0.2, 0.25) is 5.76 Å². The number of oxazole rings is 1. The van der Waals surface area contributed by atoms with Crippen molar-refractivity contribution in [2.24, 2.45) is 5.92 Å². The molecule has 1 N–H and O–H groups in total. The smallest absolute Gasteiger partial charge is 0.291 e. The largest absolute Gasteiger partial charge is 0.438 e. The van der Waals surface area contributed by atoms with Crippen LogP contribution in [-0.4, -0.2) is 45.9 Å². The third kappa shape index (κ3) is 3.08. The third-order valence-electron chi connectivity index (χ3n) is 3.94. The van der Waals surface area contributed by atoms with Crippen LogP contribution in [-0.2, 0) is 6.42 Å². The fourth-order valence-corrected chi connectivity index (χ4v) is 2.89. The van der Waals surface area contributed by atoms with Crippen LogP contribution in [0.3, 0.4) is 0 Å². The molecule has 1 fully saturated rings. The van der Waals surface area contributed by atoms with Crippen LogP contribution in [0.2, 0.25) is 0 Å². The maximum atomic E-state index is 12.3. The zero-order valence-electron chi connectivity index (χ0n) is 12.5. The molecule has 22 heavy (non-hydrogen) atoms. The number of carbonyl (C=O) groups excluding carboxylic acids is 1. The van der Waals surface area contributed by atoms with Crippen molar-refractivity contribution in [3.63, 3.8) is 0 Å². The molecule has 0 bridgehead atoms. The van der Waals surface area contributed by atoms with Gasteiger partial charge < -0.3 is 14.6 Å². The van der Waals surface area contributed by atoms with Crippen LogP contribution in [0.15, 0.2) is 29.4 Å². The Morgan fingerprint density at radius 3 is 3.09 bits per heavy atom. The number of anilines is 1. The van der Waals surface area contributed by atoms with Gasteiger partial charge in [-0.1, -0.05) is 0 Å². The highest BCUT2D eigenvalue weighted by molar-refractivity contribution is 5.91. The second-order valence-electron chi connectivity index (χ2n) is 5.43. The summed E-state index contributed by atoms with van der Waals surface area (Å²) < 4.78 is 5.10. The first kappa shape index (κ1) is 14.5. The highest BCUT2D eigenvalue weighted by Gasteiger charge is 2.27. The molecule has 1 amide bonds. The van der Waals surface area contributed by atoms with Gasteiger partial charge in [-0.2, -0.15) is 0 Å². The average molecular weight is 301 g/mol. The van der Waals surface area contributed by atoms with Gasteiger partial charge >= 0.3 is 0 Å². The molecule has 7 heteroatoms. The minimum absolute atomic E-state index is 0.0878. The molecule has 1 aliphatic heterocycles. The van der Waals surface area contributed by atoms with Gasteiger partial charge in [0.25, 0.3) is 5.91 Å². The first-order valence-electron chi connectivity index (χ1n) is 7.43. The molecular weight excluding hydrogens is 282 g/mol. The number of hydrogen-bond donors (Lipinski definition) is 1. The van der Waals surface area contributed by atoms with Crippen molar-refractivity contribution >= 4 is 11.7 Å². The Morgan fingerprint density at radius 2 is 2.32 bits per heavy atom. The van der Waals surface area contributed by atoms with Gasteiger partial charge in [-0.05, 0) is 25.2 Å². The molecule has 7 nitrogen and oxygen atoms in total. The Hall–Kier alpha value is -2.44. The van der Waals surface area contributed by atoms with E-state index in [0.29, 0.717) is 18.2 Å². The molecule has 0 aliphatic carbocycles. The summed E-state index contributed by atoms with van der Waals surface area (Å²) in [5.41, 5.74) is 0.948. The molecule has 1 aliphatic rings. The predicted octanol–water partition coefficient (Wildman–Crippen LogP) is 1.60.